The van der Waals surface area contributed by atoms with Gasteiger partial charge >= 0.3 is 0 Å². The summed E-state index contributed by atoms with van der Waals surface area (Å²) in [5, 5.41) is 13.7. The molecule has 0 amide bonds. The Bertz CT molecular complexity index is 938. The van der Waals surface area contributed by atoms with E-state index in [0.29, 0.717) is 19.6 Å². The first-order valence-electron chi connectivity index (χ1n) is 9.32. The predicted octanol–water partition coefficient (Wildman–Crippen LogP) is 2.00. The van der Waals surface area contributed by atoms with Crippen molar-refractivity contribution in [3.8, 4) is 0 Å². The number of hydrogen-bond acceptors (Lipinski definition) is 6. The highest BCUT2D eigenvalue weighted by Gasteiger charge is 2.41. The Morgan fingerprint density at radius 3 is 2.72 bits per heavy atom. The van der Waals surface area contributed by atoms with Gasteiger partial charge in [0.1, 0.15) is 12.4 Å². The molecule has 162 valence electrons. The molecule has 0 spiro atoms. The minimum atomic E-state index is -3.10. The molecule has 8 nitrogen and oxygen atoms in total. The highest BCUT2D eigenvalue weighted by Crippen LogP contribution is 2.23. The van der Waals surface area contributed by atoms with Crippen molar-refractivity contribution in [3.63, 3.8) is 0 Å². The van der Waals surface area contributed by atoms with Gasteiger partial charge in [-0.2, -0.15) is 0 Å². The van der Waals surface area contributed by atoms with E-state index in [2.05, 4.69) is 27.0 Å². The van der Waals surface area contributed by atoms with Gasteiger partial charge in [-0.25, -0.2) is 13.4 Å². The molecule has 11 heteroatoms. The Morgan fingerprint density at radius 1 is 1.38 bits per heavy atom. The van der Waals surface area contributed by atoms with Gasteiger partial charge in [0.15, 0.2) is 21.6 Å². The van der Waals surface area contributed by atoms with Crippen LogP contribution in [-0.2, 0) is 29.9 Å². The maximum Gasteiger partial charge on any atom is 0.194 e. The topological polar surface area (TPSA) is 92.5 Å². The molecular weight excluding hydrogens is 523 g/mol. The van der Waals surface area contributed by atoms with E-state index in [1.165, 1.54) is 4.88 Å². The molecule has 0 atom stereocenters. The summed E-state index contributed by atoms with van der Waals surface area (Å²) in [7, 11) is -1.19. The zero-order valence-corrected chi connectivity index (χ0v) is 21.2. The number of aliphatic imine (C=N–C) groups is 1. The summed E-state index contributed by atoms with van der Waals surface area (Å²) >= 11 is 1.73. The molecule has 29 heavy (non-hydrogen) atoms. The first kappa shape index (κ1) is 24.1. The highest BCUT2D eigenvalue weighted by atomic mass is 127. The molecule has 1 N–H and O–H groups in total. The summed E-state index contributed by atoms with van der Waals surface area (Å²) in [6.45, 7) is 7.45. The van der Waals surface area contributed by atoms with Crippen molar-refractivity contribution < 1.29 is 8.42 Å². The number of nitrogens with one attached hydrogen (secondary N) is 1. The van der Waals surface area contributed by atoms with E-state index >= 15 is 0 Å². The molecule has 1 saturated heterocycles. The number of hydrogen-bond donors (Lipinski definition) is 1. The quantitative estimate of drug-likeness (QED) is 0.347. The van der Waals surface area contributed by atoms with Gasteiger partial charge in [0, 0.05) is 31.6 Å². The second kappa shape index (κ2) is 9.73. The van der Waals surface area contributed by atoms with Crippen LogP contribution in [0.5, 0.6) is 0 Å². The molecule has 2 aromatic heterocycles. The molecule has 0 aliphatic carbocycles. The average molecular weight is 553 g/mol. The summed E-state index contributed by atoms with van der Waals surface area (Å²) in [5.41, 5.74) is 0. The fraction of sp³-hybridized carbons (Fsp3) is 0.611. The number of nitrogens with zero attached hydrogens (tertiary/aromatic N) is 5. The minimum absolute atomic E-state index is 0. The van der Waals surface area contributed by atoms with E-state index in [1.807, 2.05) is 29.5 Å². The largest absolute Gasteiger partial charge is 0.356 e. The third-order valence-electron chi connectivity index (χ3n) is 5.13. The molecule has 2 aromatic rings. The van der Waals surface area contributed by atoms with Gasteiger partial charge < -0.3 is 14.8 Å². The van der Waals surface area contributed by atoms with Gasteiger partial charge in [-0.1, -0.05) is 6.07 Å². The summed E-state index contributed by atoms with van der Waals surface area (Å²) in [5.74, 6) is 2.47. The number of rotatable bonds is 5. The van der Waals surface area contributed by atoms with Crippen molar-refractivity contribution in [1.29, 1.82) is 0 Å². The van der Waals surface area contributed by atoms with E-state index in [4.69, 9.17) is 4.99 Å². The van der Waals surface area contributed by atoms with Crippen molar-refractivity contribution >= 4 is 51.1 Å². The highest BCUT2D eigenvalue weighted by molar-refractivity contribution is 14.0. The van der Waals surface area contributed by atoms with Crippen LogP contribution in [0.25, 0.3) is 0 Å². The van der Waals surface area contributed by atoms with Crippen molar-refractivity contribution in [3.05, 3.63) is 34.0 Å². The molecular formula is C18H29IN6O2S2. The van der Waals surface area contributed by atoms with E-state index in [0.717, 1.165) is 30.6 Å². The first-order valence-corrected chi connectivity index (χ1v) is 11.9. The molecule has 3 heterocycles. The average Bonchev–Trinajstić information content (AvgIpc) is 3.25. The fourth-order valence-corrected chi connectivity index (χ4v) is 5.15. The minimum Gasteiger partial charge on any atom is -0.356 e. The first-order chi connectivity index (χ1) is 13.2. The van der Waals surface area contributed by atoms with E-state index in [1.54, 1.807) is 25.2 Å². The number of aromatic nitrogens is 3. The molecule has 3 rings (SSSR count). The molecule has 0 unspecified atom stereocenters. The van der Waals surface area contributed by atoms with Gasteiger partial charge in [-0.15, -0.1) is 45.5 Å². The van der Waals surface area contributed by atoms with Crippen molar-refractivity contribution in [2.45, 2.75) is 38.5 Å². The van der Waals surface area contributed by atoms with Crippen LogP contribution in [0.1, 0.15) is 30.4 Å². The molecule has 0 saturated carbocycles. The van der Waals surface area contributed by atoms with Crippen LogP contribution >= 0.6 is 35.3 Å². The predicted molar refractivity (Wildman–Crippen MR) is 128 cm³/mol. The normalized spacial score (nSPS) is 18.3. The summed E-state index contributed by atoms with van der Waals surface area (Å²) in [6, 6.07) is 4.16. The zero-order chi connectivity index (χ0) is 20.4. The van der Waals surface area contributed by atoms with Gasteiger partial charge in [-0.05, 0) is 38.6 Å². The third-order valence-corrected chi connectivity index (χ3v) is 8.60. The monoisotopic (exact) mass is 552 g/mol. The Morgan fingerprint density at radius 2 is 2.14 bits per heavy atom. The number of guanidine groups is 1. The third kappa shape index (κ3) is 5.69. The van der Waals surface area contributed by atoms with Crippen LogP contribution in [0.2, 0.25) is 0 Å². The fourth-order valence-electron chi connectivity index (χ4n) is 3.08. The molecule has 0 radical (unpaired) electrons. The van der Waals surface area contributed by atoms with Gasteiger partial charge in [-0.3, -0.25) is 0 Å². The Balaban J connectivity index is 0.00000300. The number of sulfone groups is 1. The van der Waals surface area contributed by atoms with E-state index in [-0.39, 0.29) is 29.7 Å². The smallest absolute Gasteiger partial charge is 0.194 e. The maximum absolute atomic E-state index is 12.4. The van der Waals surface area contributed by atoms with Gasteiger partial charge in [0.05, 0.1) is 10.5 Å². The second-order valence-electron chi connectivity index (χ2n) is 7.62. The molecule has 1 fully saturated rings. The standard InChI is InChI=1S/C18H28N6O2S2.HI/c1-14-21-22-16(23(14)4)12-20-17(19-8-7-15-6-5-10-27-15)24-9-11-28(25,26)18(2,3)13-24;/h5-6,10H,7-9,11-13H2,1-4H3,(H,19,20);1H. The summed E-state index contributed by atoms with van der Waals surface area (Å²) < 4.78 is 25.8. The van der Waals surface area contributed by atoms with Crippen LogP contribution in [-0.4, -0.2) is 64.2 Å². The lowest BCUT2D eigenvalue weighted by Gasteiger charge is -2.39. The zero-order valence-electron chi connectivity index (χ0n) is 17.3. The van der Waals surface area contributed by atoms with Crippen LogP contribution < -0.4 is 5.32 Å². The Hall–Kier alpha value is -1.21. The summed E-state index contributed by atoms with van der Waals surface area (Å²) in [4.78, 5) is 8.08. The second-order valence-corrected chi connectivity index (χ2v) is 11.4. The lowest BCUT2D eigenvalue weighted by molar-refractivity contribution is 0.352. The van der Waals surface area contributed by atoms with Crippen molar-refractivity contribution in [2.75, 3.05) is 25.4 Å². The molecule has 1 aliphatic heterocycles. The summed E-state index contributed by atoms with van der Waals surface area (Å²) in [6.07, 6.45) is 0.898. The van der Waals surface area contributed by atoms with E-state index < -0.39 is 14.6 Å². The number of thiophene rings is 1. The molecule has 0 aromatic carbocycles. The molecule has 0 bridgehead atoms. The molecule has 1 aliphatic rings. The van der Waals surface area contributed by atoms with Crippen LogP contribution in [0.3, 0.4) is 0 Å². The number of halogens is 1. The maximum atomic E-state index is 12.4. The number of aryl methyl sites for hydroxylation is 1. The lowest BCUT2D eigenvalue weighted by Crippen LogP contribution is -2.57. The van der Waals surface area contributed by atoms with E-state index in [9.17, 15) is 8.42 Å². The van der Waals surface area contributed by atoms with Crippen LogP contribution in [0.4, 0.5) is 0 Å². The van der Waals surface area contributed by atoms with Crippen molar-refractivity contribution in [2.24, 2.45) is 12.0 Å². The van der Waals surface area contributed by atoms with Gasteiger partial charge in [0.25, 0.3) is 0 Å². The Labute approximate surface area is 193 Å². The van der Waals surface area contributed by atoms with Crippen LogP contribution in [0, 0.1) is 6.92 Å². The lowest BCUT2D eigenvalue weighted by atomic mass is 10.2. The SMILES string of the molecule is Cc1nnc(CN=C(NCCc2cccs2)N2CCS(=O)(=O)C(C)(C)C2)n1C.I. The van der Waals surface area contributed by atoms with Crippen molar-refractivity contribution in [1.82, 2.24) is 25.0 Å². The Kier molecular flexibility index (Phi) is 8.08. The van der Waals surface area contributed by atoms with Gasteiger partial charge in [0.2, 0.25) is 0 Å². The van der Waals surface area contributed by atoms with Crippen LogP contribution in [0.15, 0.2) is 22.5 Å².